The van der Waals surface area contributed by atoms with Gasteiger partial charge in [0.05, 0.1) is 0 Å². The topological polar surface area (TPSA) is 79.3 Å². The number of piperidine rings is 1. The first-order valence-corrected chi connectivity index (χ1v) is 13.6. The smallest absolute Gasteiger partial charge is 0.410 e. The number of aliphatic carboxylic acids is 1. The van der Waals surface area contributed by atoms with Crippen LogP contribution in [-0.2, 0) is 14.9 Å². The Morgan fingerprint density at radius 3 is 2.37 bits per heavy atom. The van der Waals surface area contributed by atoms with Gasteiger partial charge in [-0.2, -0.15) is 0 Å². The van der Waals surface area contributed by atoms with Crippen LogP contribution in [-0.4, -0.2) is 70.9 Å². The van der Waals surface area contributed by atoms with Crippen LogP contribution in [0.2, 0.25) is 0 Å². The van der Waals surface area contributed by atoms with E-state index in [-0.39, 0.29) is 23.6 Å². The van der Waals surface area contributed by atoms with Gasteiger partial charge in [-0.25, -0.2) is 9.59 Å². The highest BCUT2D eigenvalue weighted by Gasteiger charge is 2.82. The van der Waals surface area contributed by atoms with Gasteiger partial charge in [0.15, 0.2) is 0 Å². The summed E-state index contributed by atoms with van der Waals surface area (Å²) in [6, 6.07) is 18.5. The Morgan fingerprint density at radius 2 is 1.76 bits per heavy atom. The molecule has 5 rings (SSSR count). The summed E-state index contributed by atoms with van der Waals surface area (Å²) < 4.78 is 11.8. The molecular formula is C31H38N2O5. The van der Waals surface area contributed by atoms with E-state index in [1.807, 2.05) is 45.0 Å². The Labute approximate surface area is 225 Å². The highest BCUT2D eigenvalue weighted by molar-refractivity contribution is 5.85. The molecule has 2 saturated carbocycles. The standard InChI is InChI=1S/C31H38N2O5/c1-30(2,3)38-29(36)33(28-26-21-31(26,28)23-7-5-4-6-8-23)24-15-17-32(18-16-24)19-20-37-25-12-9-22(10-13-25)11-14-27(34)35/h4-14,24,26,28H,15-21H2,1-3H3,(H,34,35)/b14-11+/t26?,28-,31-/m1/s1. The Hall–Kier alpha value is -3.32. The first kappa shape index (κ1) is 26.3. The van der Waals surface area contributed by atoms with E-state index in [9.17, 15) is 9.59 Å². The lowest BCUT2D eigenvalue weighted by molar-refractivity contribution is -0.131. The number of benzene rings is 2. The molecular weight excluding hydrogens is 480 g/mol. The maximum atomic E-state index is 13.4. The largest absolute Gasteiger partial charge is 0.492 e. The molecule has 2 aromatic rings. The lowest BCUT2D eigenvalue weighted by atomic mass is 9.97. The number of fused-ring (bicyclic) bond motifs is 1. The summed E-state index contributed by atoms with van der Waals surface area (Å²) in [5.41, 5.74) is 1.78. The third-order valence-electron chi connectivity index (χ3n) is 8.00. The fraction of sp³-hybridized carbons (Fsp3) is 0.484. The molecule has 2 aliphatic carbocycles. The van der Waals surface area contributed by atoms with Crippen molar-refractivity contribution in [2.45, 2.75) is 63.1 Å². The molecule has 202 valence electrons. The zero-order valence-electron chi connectivity index (χ0n) is 22.5. The number of ether oxygens (including phenoxy) is 2. The summed E-state index contributed by atoms with van der Waals surface area (Å²) in [5.74, 6) is 0.352. The number of hydrogen-bond acceptors (Lipinski definition) is 5. The van der Waals surface area contributed by atoms with Crippen LogP contribution >= 0.6 is 0 Å². The SMILES string of the molecule is CC(C)(C)OC(=O)N(C1CCN(CCOc2ccc(/C=C/C(=O)O)cc2)CC1)[C@@H]1C2C[C@@]21c1ccccc1. The summed E-state index contributed by atoms with van der Waals surface area (Å²) in [6.07, 6.45) is 5.53. The second-order valence-electron chi connectivity index (χ2n) is 11.7. The number of carbonyl (C=O) groups is 2. The molecule has 3 fully saturated rings. The molecule has 3 atom stereocenters. The number of hydrogen-bond donors (Lipinski definition) is 1. The maximum Gasteiger partial charge on any atom is 0.410 e. The van der Waals surface area contributed by atoms with Crippen LogP contribution in [0.4, 0.5) is 4.79 Å². The molecule has 1 aliphatic heterocycles. The van der Waals surface area contributed by atoms with Gasteiger partial charge < -0.3 is 19.5 Å². The second kappa shape index (κ2) is 10.4. The zero-order chi connectivity index (χ0) is 26.9. The van der Waals surface area contributed by atoms with Gasteiger partial charge in [-0.05, 0) is 75.3 Å². The molecule has 1 heterocycles. The van der Waals surface area contributed by atoms with Gasteiger partial charge in [-0.1, -0.05) is 42.5 Å². The van der Waals surface area contributed by atoms with Crippen LogP contribution in [0.25, 0.3) is 6.08 Å². The van der Waals surface area contributed by atoms with Crippen molar-refractivity contribution >= 4 is 18.1 Å². The Balaban J connectivity index is 1.14. The van der Waals surface area contributed by atoms with E-state index in [2.05, 4.69) is 40.1 Å². The van der Waals surface area contributed by atoms with Crippen LogP contribution in [0.5, 0.6) is 5.75 Å². The van der Waals surface area contributed by atoms with Gasteiger partial charge >= 0.3 is 12.1 Å². The molecule has 1 saturated heterocycles. The van der Waals surface area contributed by atoms with Gasteiger partial charge in [0.25, 0.3) is 0 Å². The van der Waals surface area contributed by atoms with Crippen molar-refractivity contribution in [2.75, 3.05) is 26.2 Å². The number of amides is 1. The molecule has 7 heteroatoms. The van der Waals surface area contributed by atoms with Gasteiger partial charge in [0, 0.05) is 43.2 Å². The summed E-state index contributed by atoms with van der Waals surface area (Å²) in [4.78, 5) is 28.6. The van der Waals surface area contributed by atoms with E-state index >= 15 is 0 Å². The average molecular weight is 519 g/mol. The number of carboxylic acids is 1. The predicted molar refractivity (Wildman–Crippen MR) is 146 cm³/mol. The molecule has 2 aromatic carbocycles. The van der Waals surface area contributed by atoms with Crippen LogP contribution < -0.4 is 4.74 Å². The van der Waals surface area contributed by atoms with E-state index in [0.29, 0.717) is 12.5 Å². The molecule has 3 aliphatic rings. The highest BCUT2D eigenvalue weighted by atomic mass is 16.6. The third-order valence-corrected chi connectivity index (χ3v) is 8.00. The van der Waals surface area contributed by atoms with Gasteiger partial charge in [0.1, 0.15) is 18.0 Å². The van der Waals surface area contributed by atoms with E-state index in [4.69, 9.17) is 14.6 Å². The monoisotopic (exact) mass is 518 g/mol. The van der Waals surface area contributed by atoms with Crippen LogP contribution in [0, 0.1) is 5.92 Å². The molecule has 7 nitrogen and oxygen atoms in total. The van der Waals surface area contributed by atoms with Crippen molar-refractivity contribution < 1.29 is 24.2 Å². The maximum absolute atomic E-state index is 13.4. The minimum Gasteiger partial charge on any atom is -0.492 e. The van der Waals surface area contributed by atoms with E-state index in [1.165, 1.54) is 5.56 Å². The predicted octanol–water partition coefficient (Wildman–Crippen LogP) is 5.20. The van der Waals surface area contributed by atoms with Crippen LogP contribution in [0.3, 0.4) is 0 Å². The van der Waals surface area contributed by atoms with E-state index < -0.39 is 11.6 Å². The number of nitrogens with zero attached hydrogens (tertiary/aromatic N) is 2. The highest BCUT2D eigenvalue weighted by Crippen LogP contribution is 2.77. The minimum absolute atomic E-state index is 0.127. The lowest BCUT2D eigenvalue weighted by Crippen LogP contribution is -2.52. The fourth-order valence-electron chi connectivity index (χ4n) is 5.93. The van der Waals surface area contributed by atoms with Crippen molar-refractivity contribution in [1.82, 2.24) is 9.80 Å². The van der Waals surface area contributed by atoms with Crippen molar-refractivity contribution in [3.8, 4) is 5.75 Å². The van der Waals surface area contributed by atoms with Gasteiger partial charge in [0.2, 0.25) is 0 Å². The molecule has 0 radical (unpaired) electrons. The third kappa shape index (κ3) is 5.73. The molecule has 0 bridgehead atoms. The number of rotatable bonds is 9. The van der Waals surface area contributed by atoms with Crippen molar-refractivity contribution in [1.29, 1.82) is 0 Å². The minimum atomic E-state index is -0.965. The molecule has 38 heavy (non-hydrogen) atoms. The quantitative estimate of drug-likeness (QED) is 0.460. The Kier molecular flexibility index (Phi) is 7.23. The average Bonchev–Trinajstić information content (AvgIpc) is 3.77. The molecule has 1 unspecified atom stereocenters. The first-order chi connectivity index (χ1) is 18.2. The normalized spacial score (nSPS) is 25.0. The van der Waals surface area contributed by atoms with Crippen molar-refractivity contribution in [3.05, 3.63) is 71.8 Å². The van der Waals surface area contributed by atoms with Gasteiger partial charge in [-0.3, -0.25) is 4.90 Å². The second-order valence-corrected chi connectivity index (χ2v) is 11.7. The summed E-state index contributed by atoms with van der Waals surface area (Å²) >= 11 is 0. The van der Waals surface area contributed by atoms with E-state index in [0.717, 1.165) is 56.3 Å². The van der Waals surface area contributed by atoms with Gasteiger partial charge in [-0.15, -0.1) is 0 Å². The Bertz CT molecular complexity index is 1170. The Morgan fingerprint density at radius 1 is 1.08 bits per heavy atom. The molecule has 0 aromatic heterocycles. The van der Waals surface area contributed by atoms with E-state index in [1.54, 1.807) is 6.08 Å². The molecule has 1 N–H and O–H groups in total. The summed E-state index contributed by atoms with van der Waals surface area (Å²) in [7, 11) is 0. The summed E-state index contributed by atoms with van der Waals surface area (Å²) in [6.45, 7) is 9.04. The lowest BCUT2D eigenvalue weighted by Gasteiger charge is -2.41. The number of carboxylic acid groups (broad SMARTS) is 1. The molecule has 0 spiro atoms. The number of likely N-dealkylation sites (tertiary alicyclic amines) is 1. The molecule has 1 amide bonds. The van der Waals surface area contributed by atoms with Crippen molar-refractivity contribution in [2.24, 2.45) is 5.92 Å². The van der Waals surface area contributed by atoms with Crippen molar-refractivity contribution in [3.63, 3.8) is 0 Å². The first-order valence-electron chi connectivity index (χ1n) is 13.6. The van der Waals surface area contributed by atoms with Crippen LogP contribution in [0.15, 0.2) is 60.7 Å². The number of carbonyl (C=O) groups excluding carboxylic acids is 1. The zero-order valence-corrected chi connectivity index (χ0v) is 22.5. The van der Waals surface area contributed by atoms with Crippen LogP contribution in [0.1, 0.15) is 51.2 Å². The fourth-order valence-corrected chi connectivity index (χ4v) is 5.93. The summed E-state index contributed by atoms with van der Waals surface area (Å²) in [5, 5.41) is 8.75.